The fourth-order valence-electron chi connectivity index (χ4n) is 2.94. The Morgan fingerprint density at radius 3 is 2.33 bits per heavy atom. The van der Waals surface area contributed by atoms with Crippen LogP contribution < -0.4 is 0 Å². The molecular formula is C21H15F3N2S. The molecule has 6 heteroatoms. The first-order valence-electron chi connectivity index (χ1n) is 8.17. The van der Waals surface area contributed by atoms with Gasteiger partial charge in [0.05, 0.1) is 16.8 Å². The molecule has 0 aliphatic rings. The lowest BCUT2D eigenvalue weighted by Crippen LogP contribution is -2.15. The van der Waals surface area contributed by atoms with Crippen LogP contribution >= 0.6 is 12.2 Å². The molecule has 0 radical (unpaired) electrons. The summed E-state index contributed by atoms with van der Waals surface area (Å²) in [7, 11) is 0. The number of pyridine rings is 1. The van der Waals surface area contributed by atoms with E-state index in [4.69, 9.17) is 12.2 Å². The molecule has 3 rings (SSSR count). The molecular weight excluding hydrogens is 369 g/mol. The van der Waals surface area contributed by atoms with E-state index in [0.29, 0.717) is 11.3 Å². The van der Waals surface area contributed by atoms with Crippen molar-refractivity contribution in [2.24, 2.45) is 0 Å². The van der Waals surface area contributed by atoms with Crippen molar-refractivity contribution in [3.63, 3.8) is 0 Å². The second kappa shape index (κ2) is 7.37. The molecule has 1 heterocycles. The SMILES string of the molecule is Cc1cccc(-c2cc(C(F)(F)F)c(C#N)c(=S)n2Cc2ccccc2)c1. The maximum absolute atomic E-state index is 13.5. The van der Waals surface area contributed by atoms with Gasteiger partial charge in [0.25, 0.3) is 0 Å². The molecule has 0 unspecified atom stereocenters. The molecule has 0 atom stereocenters. The van der Waals surface area contributed by atoms with E-state index in [1.165, 1.54) is 0 Å². The van der Waals surface area contributed by atoms with Crippen molar-refractivity contribution < 1.29 is 13.2 Å². The Morgan fingerprint density at radius 1 is 1.04 bits per heavy atom. The Hall–Kier alpha value is -2.91. The molecule has 0 amide bonds. The summed E-state index contributed by atoms with van der Waals surface area (Å²) in [5.41, 5.74) is 1.22. The third kappa shape index (κ3) is 3.93. The van der Waals surface area contributed by atoms with Crippen LogP contribution in [0.15, 0.2) is 60.7 Å². The number of hydrogen-bond donors (Lipinski definition) is 0. The topological polar surface area (TPSA) is 28.7 Å². The highest BCUT2D eigenvalue weighted by Crippen LogP contribution is 2.36. The summed E-state index contributed by atoms with van der Waals surface area (Å²) in [6.07, 6.45) is -4.66. The smallest absolute Gasteiger partial charge is 0.327 e. The van der Waals surface area contributed by atoms with Crippen LogP contribution in [0.25, 0.3) is 11.3 Å². The van der Waals surface area contributed by atoms with Crippen molar-refractivity contribution in [2.75, 3.05) is 0 Å². The van der Waals surface area contributed by atoms with Crippen molar-refractivity contribution in [1.29, 1.82) is 5.26 Å². The third-order valence-corrected chi connectivity index (χ3v) is 4.64. The molecule has 1 aromatic heterocycles. The predicted molar refractivity (Wildman–Crippen MR) is 101 cm³/mol. The lowest BCUT2D eigenvalue weighted by Gasteiger charge is -2.19. The van der Waals surface area contributed by atoms with Gasteiger partial charge in [0, 0.05) is 6.54 Å². The zero-order chi connectivity index (χ0) is 19.6. The van der Waals surface area contributed by atoms with Crippen molar-refractivity contribution >= 4 is 12.2 Å². The zero-order valence-electron chi connectivity index (χ0n) is 14.4. The van der Waals surface area contributed by atoms with E-state index in [1.807, 2.05) is 43.3 Å². The standard InChI is InChI=1S/C21H15F3N2S/c1-14-6-5-9-16(10-14)19-11-18(21(22,23)24)17(12-25)20(27)26(19)13-15-7-3-2-4-8-15/h2-11H,13H2,1H3. The van der Waals surface area contributed by atoms with Crippen LogP contribution in [0.1, 0.15) is 22.3 Å². The highest BCUT2D eigenvalue weighted by Gasteiger charge is 2.35. The molecule has 2 nitrogen and oxygen atoms in total. The van der Waals surface area contributed by atoms with Crippen LogP contribution in [-0.4, -0.2) is 4.57 Å². The fraction of sp³-hybridized carbons (Fsp3) is 0.143. The zero-order valence-corrected chi connectivity index (χ0v) is 15.2. The van der Waals surface area contributed by atoms with Gasteiger partial charge in [0.15, 0.2) is 0 Å². The van der Waals surface area contributed by atoms with Crippen molar-refractivity contribution in [3.8, 4) is 17.3 Å². The highest BCUT2D eigenvalue weighted by molar-refractivity contribution is 7.71. The van der Waals surface area contributed by atoms with Crippen LogP contribution in [0.3, 0.4) is 0 Å². The maximum atomic E-state index is 13.5. The number of halogens is 3. The lowest BCUT2D eigenvalue weighted by molar-refractivity contribution is -0.137. The second-order valence-electron chi connectivity index (χ2n) is 6.17. The minimum atomic E-state index is -4.66. The third-order valence-electron chi connectivity index (χ3n) is 4.21. The van der Waals surface area contributed by atoms with Crippen LogP contribution in [0.5, 0.6) is 0 Å². The maximum Gasteiger partial charge on any atom is 0.417 e. The van der Waals surface area contributed by atoms with Crippen LogP contribution in [-0.2, 0) is 12.7 Å². The summed E-state index contributed by atoms with van der Waals surface area (Å²) < 4.78 is 42.1. The van der Waals surface area contributed by atoms with E-state index in [-0.39, 0.29) is 11.2 Å². The average molecular weight is 384 g/mol. The largest absolute Gasteiger partial charge is 0.417 e. The number of alkyl halides is 3. The van der Waals surface area contributed by atoms with E-state index >= 15 is 0 Å². The summed E-state index contributed by atoms with van der Waals surface area (Å²) >= 11 is 5.31. The van der Waals surface area contributed by atoms with E-state index in [2.05, 4.69) is 0 Å². The summed E-state index contributed by atoms with van der Waals surface area (Å²) in [5.74, 6) is 0. The quantitative estimate of drug-likeness (QED) is 0.508. The number of aromatic nitrogens is 1. The van der Waals surface area contributed by atoms with Crippen LogP contribution in [0.2, 0.25) is 0 Å². The van der Waals surface area contributed by atoms with Gasteiger partial charge in [0.1, 0.15) is 10.7 Å². The lowest BCUT2D eigenvalue weighted by atomic mass is 10.0. The number of benzene rings is 2. The van der Waals surface area contributed by atoms with Gasteiger partial charge < -0.3 is 4.57 Å². The molecule has 0 saturated carbocycles. The summed E-state index contributed by atoms with van der Waals surface area (Å²) in [6.45, 7) is 2.14. The van der Waals surface area contributed by atoms with E-state index in [1.54, 1.807) is 28.8 Å². The van der Waals surface area contributed by atoms with Gasteiger partial charge in [-0.25, -0.2) is 0 Å². The van der Waals surface area contributed by atoms with Crippen molar-refractivity contribution in [1.82, 2.24) is 4.57 Å². The van der Waals surface area contributed by atoms with Gasteiger partial charge in [0.2, 0.25) is 0 Å². The van der Waals surface area contributed by atoms with Gasteiger partial charge in [-0.05, 0) is 30.2 Å². The van der Waals surface area contributed by atoms with Gasteiger partial charge >= 0.3 is 6.18 Å². The molecule has 2 aromatic carbocycles. The van der Waals surface area contributed by atoms with Crippen molar-refractivity contribution in [3.05, 3.63) is 87.6 Å². The van der Waals surface area contributed by atoms with Crippen LogP contribution in [0, 0.1) is 22.9 Å². The molecule has 0 N–H and O–H groups in total. The number of hydrogen-bond acceptors (Lipinski definition) is 2. The Kier molecular flexibility index (Phi) is 5.15. The molecule has 0 aliphatic heterocycles. The Labute approximate surface area is 160 Å². The molecule has 0 fully saturated rings. The minimum Gasteiger partial charge on any atom is -0.327 e. The Bertz CT molecular complexity index is 1080. The normalized spacial score (nSPS) is 11.2. The summed E-state index contributed by atoms with van der Waals surface area (Å²) in [6, 6.07) is 19.1. The van der Waals surface area contributed by atoms with E-state index in [9.17, 15) is 18.4 Å². The molecule has 0 aliphatic carbocycles. The minimum absolute atomic E-state index is 0.118. The first-order valence-corrected chi connectivity index (χ1v) is 8.58. The van der Waals surface area contributed by atoms with Gasteiger partial charge in [-0.2, -0.15) is 18.4 Å². The summed E-state index contributed by atoms with van der Waals surface area (Å²) in [4.78, 5) is 0. The Balaban J connectivity index is 2.33. The number of nitriles is 1. The molecule has 3 aromatic rings. The van der Waals surface area contributed by atoms with E-state index in [0.717, 1.165) is 17.2 Å². The predicted octanol–water partition coefficient (Wildman–Crippen LogP) is 6.13. The van der Waals surface area contributed by atoms with Crippen molar-refractivity contribution in [2.45, 2.75) is 19.6 Å². The fourth-order valence-corrected chi connectivity index (χ4v) is 3.26. The van der Waals surface area contributed by atoms with E-state index < -0.39 is 17.3 Å². The first-order chi connectivity index (χ1) is 12.8. The summed E-state index contributed by atoms with van der Waals surface area (Å²) in [5, 5.41) is 9.33. The number of aryl methyl sites for hydroxylation is 1. The molecule has 136 valence electrons. The molecule has 0 saturated heterocycles. The molecule has 0 spiro atoms. The molecule has 0 bridgehead atoms. The highest BCUT2D eigenvalue weighted by atomic mass is 32.1. The van der Waals surface area contributed by atoms with Crippen LogP contribution in [0.4, 0.5) is 13.2 Å². The monoisotopic (exact) mass is 384 g/mol. The first kappa shape index (κ1) is 18.9. The average Bonchev–Trinajstić information content (AvgIpc) is 2.63. The van der Waals surface area contributed by atoms with Gasteiger partial charge in [-0.3, -0.25) is 0 Å². The molecule has 27 heavy (non-hydrogen) atoms. The van der Waals surface area contributed by atoms with Gasteiger partial charge in [-0.15, -0.1) is 0 Å². The second-order valence-corrected chi connectivity index (χ2v) is 6.56. The van der Waals surface area contributed by atoms with Gasteiger partial charge in [-0.1, -0.05) is 66.3 Å². The number of rotatable bonds is 3. The Morgan fingerprint density at radius 2 is 1.74 bits per heavy atom. The number of nitrogens with zero attached hydrogens (tertiary/aromatic N) is 2.